The molecule has 26 heteroatoms. The second-order valence-corrected chi connectivity index (χ2v) is 47.3. The van der Waals surface area contributed by atoms with E-state index in [9.17, 15) is 25.5 Å². The fraction of sp³-hybridized carbons (Fsp3) is 0.824. The second-order valence-electron chi connectivity index (χ2n) is 26.0. The highest BCUT2D eigenvalue weighted by Crippen LogP contribution is 2.27. The second kappa shape index (κ2) is 75.2. The molecule has 0 aromatic rings. The van der Waals surface area contributed by atoms with Gasteiger partial charge in [0.1, 0.15) is 6.10 Å². The molecule has 0 rings (SSSR count). The van der Waals surface area contributed by atoms with E-state index in [1.54, 1.807) is 49.1 Å². The first-order valence-corrected chi connectivity index (χ1v) is 49.4. The summed E-state index contributed by atoms with van der Waals surface area (Å²) >= 11 is 0. The minimum Gasteiger partial charge on any atom is -0.391 e. The number of aliphatic hydroxyl groups excluding tert-OH is 11. The number of hydrogen-bond acceptors (Lipinski definition) is 22. The molecular formula is C74H165N11O11Si4. The molecule has 100 heavy (non-hydrogen) atoms. The van der Waals surface area contributed by atoms with Crippen molar-refractivity contribution in [2.45, 2.75) is 351 Å². The summed E-state index contributed by atoms with van der Waals surface area (Å²) in [4.78, 5) is 19.8. The summed E-state index contributed by atoms with van der Waals surface area (Å²) in [6, 6.07) is 6.72. The van der Waals surface area contributed by atoms with Gasteiger partial charge in [0.2, 0.25) is 0 Å². The van der Waals surface area contributed by atoms with Crippen LogP contribution in [-0.2, 0) is 0 Å². The lowest BCUT2D eigenvalue weighted by molar-refractivity contribution is 0.234. The maximum Gasteiger partial charge on any atom is 0.109 e. The predicted octanol–water partition coefficient (Wildman–Crippen LogP) is 14.6. The standard InChI is InChI=1S/C11H25NOSi.C10H23NOSi.2C7H17NOSi.C7H15NO.2C6H13NO.C6H11NO.2C5H11NO.C4H9NO/c1-6-10(12-5)11(13)14(7-2,8-3)9-4;1-5-9(11)10(12)13(6-2,7-3)8-4;1-6(8-2)7(9)10(3,4)5;1-5-6(8)7(9)10(2,3)4;1-4-6(8-3)7(9)5-2;1-4-6(7-3)5(2)8;2*1-3-5(7)6(8)4-2;1-3-5(4-7)6-2;1-3-5(6)4(2)7;1-2-4(5)3-6/h11,13H,6-9H2,1-5H3;10-12H,5-8H2,1-4H3;7,9H,1-5H3;7-9H,5H2,1-4H3;7,9H,4-5H2,1-3H3;5,8H,4H2,1-3H3;6-8H,3-4H2,1-2H3;4,6-8H,2-3H2,1H3;7H,3-4H2,1-2H3;4,6-7H,3H2,1-2H3;5-6H,2-3H2,1H3. The molecule has 0 aliphatic rings. The Kier molecular flexibility index (Phi) is 90.6. The van der Waals surface area contributed by atoms with E-state index in [4.69, 9.17) is 63.1 Å². The van der Waals surface area contributed by atoms with E-state index < -0.39 is 62.1 Å². The highest BCUT2D eigenvalue weighted by Gasteiger charge is 2.38. The van der Waals surface area contributed by atoms with E-state index in [2.05, 4.69) is 119 Å². The molecule has 0 saturated heterocycles. The predicted molar refractivity (Wildman–Crippen MR) is 453 cm³/mol. The normalized spacial score (nSPS) is 14.4. The van der Waals surface area contributed by atoms with Gasteiger partial charge in [0.05, 0.1) is 92.8 Å². The number of aliphatic imine (C=N–C) groups is 5. The van der Waals surface area contributed by atoms with Crippen molar-refractivity contribution in [3.05, 3.63) is 12.7 Å². The highest BCUT2D eigenvalue weighted by atomic mass is 28.3. The Hall–Kier alpha value is -3.46. The van der Waals surface area contributed by atoms with Gasteiger partial charge >= 0.3 is 0 Å². The SMILES string of the molecule is C=CC(O)C(=N)CC.CCC(=N)C(C)O.CCC(=N)C(O)CC.CCC(=N)C(O)[Si](C)(C)C.CCC(=N)C(O)[Si](CC)(CC)CC.CCC(=N)CO.CCC(=NC)C(C)O.CCC(=NC)C(O)CC.CCC(=NC)C(O)[Si](CC)(CC)CC.CCC(CO)=NC.CN=C(C)C(O)[Si](C)(C)C. The third-order valence-corrected chi connectivity index (χ3v) is 32.8. The van der Waals surface area contributed by atoms with Gasteiger partial charge in [-0.15, -0.1) is 6.58 Å². The lowest BCUT2D eigenvalue weighted by Crippen LogP contribution is -2.50. The lowest BCUT2D eigenvalue weighted by Gasteiger charge is -2.34. The molecular weight excluding hydrogens is 1330 g/mol. The van der Waals surface area contributed by atoms with E-state index in [0.717, 1.165) is 96.9 Å². The maximum atomic E-state index is 10.4. The summed E-state index contributed by atoms with van der Waals surface area (Å²) in [5.41, 5.74) is 5.72. The molecule has 0 aromatic heterocycles. The molecule has 22 nitrogen and oxygen atoms in total. The van der Waals surface area contributed by atoms with Gasteiger partial charge in [-0.3, -0.25) is 25.0 Å². The van der Waals surface area contributed by atoms with Crippen molar-refractivity contribution in [1.29, 1.82) is 32.5 Å². The molecule has 598 valence electrons. The van der Waals surface area contributed by atoms with Crippen molar-refractivity contribution in [2.24, 2.45) is 25.0 Å². The van der Waals surface area contributed by atoms with E-state index in [0.29, 0.717) is 79.2 Å². The Bertz CT molecular complexity index is 2170. The molecule has 17 N–H and O–H groups in total. The zero-order valence-electron chi connectivity index (χ0n) is 70.3. The monoisotopic (exact) mass is 1500 g/mol. The average molecular weight is 1500 g/mol. The Morgan fingerprint density at radius 3 is 0.800 bits per heavy atom. The molecule has 0 fully saturated rings. The third kappa shape index (κ3) is 63.0. The van der Waals surface area contributed by atoms with Crippen molar-refractivity contribution in [3.8, 4) is 0 Å². The highest BCUT2D eigenvalue weighted by molar-refractivity contribution is 6.84. The first-order valence-electron chi connectivity index (χ1n) is 36.9. The van der Waals surface area contributed by atoms with Crippen LogP contribution in [0.25, 0.3) is 0 Å². The van der Waals surface area contributed by atoms with Gasteiger partial charge in [0, 0.05) is 98.1 Å². The van der Waals surface area contributed by atoms with Crippen molar-refractivity contribution in [3.63, 3.8) is 0 Å². The van der Waals surface area contributed by atoms with Gasteiger partial charge < -0.3 is 88.6 Å². The number of nitrogens with zero attached hydrogens (tertiary/aromatic N) is 5. The van der Waals surface area contributed by atoms with Crippen LogP contribution in [0.5, 0.6) is 0 Å². The summed E-state index contributed by atoms with van der Waals surface area (Å²) < 4.78 is 0. The molecule has 0 bridgehead atoms. The fourth-order valence-electron chi connectivity index (χ4n) is 8.52. The number of nitrogens with one attached hydrogen (secondary N) is 6. The van der Waals surface area contributed by atoms with Gasteiger partial charge in [-0.25, -0.2) is 0 Å². The quantitative estimate of drug-likeness (QED) is 0.0163. The zero-order chi connectivity index (χ0) is 81.9. The van der Waals surface area contributed by atoms with Crippen LogP contribution < -0.4 is 0 Å². The van der Waals surface area contributed by atoms with Crippen molar-refractivity contribution in [2.75, 3.05) is 48.5 Å². The molecule has 0 heterocycles. The topological polar surface area (TPSA) is 427 Å². The van der Waals surface area contributed by atoms with Crippen LogP contribution in [0.1, 0.15) is 222 Å². The van der Waals surface area contributed by atoms with Crippen LogP contribution in [0.2, 0.25) is 75.5 Å². The molecule has 0 aliphatic carbocycles. The summed E-state index contributed by atoms with van der Waals surface area (Å²) in [7, 11) is 2.62. The van der Waals surface area contributed by atoms with Crippen molar-refractivity contribution < 1.29 is 56.2 Å². The summed E-state index contributed by atoms with van der Waals surface area (Å²) in [5.74, 6) is 0. The van der Waals surface area contributed by atoms with E-state index in [1.807, 2.05) is 83.1 Å². The third-order valence-electron chi connectivity index (χ3n) is 17.3. The Morgan fingerprint density at radius 2 is 0.690 bits per heavy atom. The van der Waals surface area contributed by atoms with Gasteiger partial charge in [-0.05, 0) is 97.8 Å². The van der Waals surface area contributed by atoms with E-state index in [-0.39, 0.29) is 36.9 Å². The minimum absolute atomic E-state index is 0.0868. The zero-order valence-corrected chi connectivity index (χ0v) is 74.3. The van der Waals surface area contributed by atoms with Crippen LogP contribution >= 0.6 is 0 Å². The Morgan fingerprint density at radius 1 is 0.360 bits per heavy atom. The summed E-state index contributed by atoms with van der Waals surface area (Å²) in [5, 5.41) is 143. The average Bonchev–Trinajstić information content (AvgIpc) is 0.859. The molecule has 9 atom stereocenters. The van der Waals surface area contributed by atoms with Crippen LogP contribution in [0.3, 0.4) is 0 Å². The molecule has 0 aliphatic heterocycles. The molecule has 0 amide bonds. The fourth-order valence-corrected chi connectivity index (χ4v) is 18.5. The van der Waals surface area contributed by atoms with Gasteiger partial charge in [-0.1, -0.05) is 206 Å². The van der Waals surface area contributed by atoms with Gasteiger partial charge in [0.15, 0.2) is 0 Å². The van der Waals surface area contributed by atoms with E-state index >= 15 is 0 Å². The molecule has 0 saturated carbocycles. The first-order chi connectivity index (χ1) is 46.2. The minimum atomic E-state index is -1.57. The van der Waals surface area contributed by atoms with Crippen LogP contribution in [-0.4, -0.2) is 253 Å². The van der Waals surface area contributed by atoms with E-state index in [1.165, 1.54) is 6.08 Å². The largest absolute Gasteiger partial charge is 0.391 e. The molecule has 9 unspecified atom stereocenters. The molecule has 0 spiro atoms. The molecule has 0 radical (unpaired) electrons. The summed E-state index contributed by atoms with van der Waals surface area (Å²) in [6.45, 7) is 57.4. The lowest BCUT2D eigenvalue weighted by atomic mass is 10.1. The van der Waals surface area contributed by atoms with Gasteiger partial charge in [-0.2, -0.15) is 0 Å². The van der Waals surface area contributed by atoms with Crippen molar-refractivity contribution in [1.82, 2.24) is 0 Å². The van der Waals surface area contributed by atoms with Crippen LogP contribution in [0.4, 0.5) is 0 Å². The Labute approximate surface area is 618 Å². The van der Waals surface area contributed by atoms with Gasteiger partial charge in [0.25, 0.3) is 0 Å². The number of rotatable bonds is 34. The number of hydrogen-bond donors (Lipinski definition) is 17. The first kappa shape index (κ1) is 120. The van der Waals surface area contributed by atoms with Crippen LogP contribution in [0, 0.1) is 32.5 Å². The number of aliphatic hydroxyl groups is 11. The van der Waals surface area contributed by atoms with Crippen LogP contribution in [0.15, 0.2) is 37.6 Å². The maximum absolute atomic E-state index is 10.4. The smallest absolute Gasteiger partial charge is 0.109 e. The molecule has 0 aromatic carbocycles. The van der Waals surface area contributed by atoms with Crippen molar-refractivity contribution >= 4 is 95.1 Å². The summed E-state index contributed by atoms with van der Waals surface area (Å²) in [6.07, 6.45) is 7.66. The Balaban J connectivity index is -0.0000000977.